The van der Waals surface area contributed by atoms with Gasteiger partial charge in [-0.1, -0.05) is 92.8 Å². The van der Waals surface area contributed by atoms with Crippen molar-refractivity contribution in [2.75, 3.05) is 0 Å². The molecule has 0 aliphatic heterocycles. The molecule has 2 aromatic rings. The Morgan fingerprint density at radius 3 is 1.82 bits per heavy atom. The van der Waals surface area contributed by atoms with Crippen LogP contribution in [0.3, 0.4) is 0 Å². The highest BCUT2D eigenvalue weighted by atomic mass is 16.5. The average molecular weight is 451 g/mol. The quantitative estimate of drug-likeness (QED) is 0.570. The monoisotopic (exact) mass is 450 g/mol. The van der Waals surface area contributed by atoms with E-state index in [4.69, 9.17) is 10.5 Å². The van der Waals surface area contributed by atoms with Gasteiger partial charge in [0.1, 0.15) is 12.1 Å². The van der Waals surface area contributed by atoms with Crippen LogP contribution in [0, 0.1) is 0 Å². The van der Waals surface area contributed by atoms with Crippen molar-refractivity contribution in [3.05, 3.63) is 71.8 Å². The summed E-state index contributed by atoms with van der Waals surface area (Å²) >= 11 is 0. The zero-order valence-corrected chi connectivity index (χ0v) is 19.6. The van der Waals surface area contributed by atoms with Crippen LogP contribution in [-0.2, 0) is 27.2 Å². The van der Waals surface area contributed by atoms with Gasteiger partial charge in [0.25, 0.3) is 0 Å². The molecule has 2 atom stereocenters. The standard InChI is InChI=1S/C28H38N2O3/c29-25(20-22-14-8-6-9-15-22)27(31)30-26(21-23-16-10-7-11-17-23)28(32)33-24-18-12-4-2-1-3-5-13-19-24/h6-11,14-17,24-26H,1-5,12-13,18-21,29H2,(H,30,31)/t25-,26-/m0/s1. The number of ether oxygens (including phenoxy) is 1. The lowest BCUT2D eigenvalue weighted by Gasteiger charge is -2.24. The molecule has 1 fully saturated rings. The van der Waals surface area contributed by atoms with Crippen molar-refractivity contribution in [2.45, 2.75) is 88.8 Å². The zero-order valence-electron chi connectivity index (χ0n) is 19.6. The topological polar surface area (TPSA) is 81.4 Å². The summed E-state index contributed by atoms with van der Waals surface area (Å²) in [6, 6.07) is 17.9. The lowest BCUT2D eigenvalue weighted by Crippen LogP contribution is -2.51. The molecule has 1 aliphatic carbocycles. The second-order valence-corrected chi connectivity index (χ2v) is 9.16. The second kappa shape index (κ2) is 13.8. The second-order valence-electron chi connectivity index (χ2n) is 9.16. The highest BCUT2D eigenvalue weighted by molar-refractivity contribution is 5.87. The number of hydrogen-bond acceptors (Lipinski definition) is 4. The minimum atomic E-state index is -0.753. The van der Waals surface area contributed by atoms with Crippen molar-refractivity contribution < 1.29 is 14.3 Å². The first-order chi connectivity index (χ1) is 16.1. The molecule has 5 nitrogen and oxygen atoms in total. The minimum absolute atomic E-state index is 0.0798. The van der Waals surface area contributed by atoms with Gasteiger partial charge < -0.3 is 15.8 Å². The van der Waals surface area contributed by atoms with Gasteiger partial charge in [-0.3, -0.25) is 4.79 Å². The maximum atomic E-state index is 13.2. The van der Waals surface area contributed by atoms with Crippen LogP contribution in [0.1, 0.15) is 68.9 Å². The van der Waals surface area contributed by atoms with Gasteiger partial charge in [0.05, 0.1) is 6.04 Å². The Balaban J connectivity index is 1.64. The minimum Gasteiger partial charge on any atom is -0.461 e. The van der Waals surface area contributed by atoms with E-state index < -0.39 is 12.1 Å². The molecular formula is C28H38N2O3. The first-order valence-electron chi connectivity index (χ1n) is 12.5. The van der Waals surface area contributed by atoms with Gasteiger partial charge in [0.15, 0.2) is 0 Å². The normalized spacial score (nSPS) is 17.5. The van der Waals surface area contributed by atoms with E-state index in [9.17, 15) is 9.59 Å². The summed E-state index contributed by atoms with van der Waals surface area (Å²) in [6.45, 7) is 0. The third kappa shape index (κ3) is 9.01. The van der Waals surface area contributed by atoms with E-state index in [1.54, 1.807) is 0 Å². The third-order valence-electron chi connectivity index (χ3n) is 6.35. The molecule has 0 bridgehead atoms. The Morgan fingerprint density at radius 2 is 1.27 bits per heavy atom. The highest BCUT2D eigenvalue weighted by Crippen LogP contribution is 2.20. The molecule has 5 heteroatoms. The van der Waals surface area contributed by atoms with Crippen LogP contribution >= 0.6 is 0 Å². The Kier molecular flexibility index (Phi) is 10.4. The molecule has 0 heterocycles. The molecule has 2 aromatic carbocycles. The summed E-state index contributed by atoms with van der Waals surface area (Å²) in [4.78, 5) is 26.1. The number of hydrogen-bond donors (Lipinski definition) is 2. The van der Waals surface area contributed by atoms with Gasteiger partial charge >= 0.3 is 5.97 Å². The molecule has 178 valence electrons. The molecule has 0 saturated heterocycles. The Labute approximate surface area is 198 Å². The fraction of sp³-hybridized carbons (Fsp3) is 0.500. The van der Waals surface area contributed by atoms with E-state index in [1.807, 2.05) is 60.7 Å². The van der Waals surface area contributed by atoms with Crippen molar-refractivity contribution in [3.8, 4) is 0 Å². The van der Waals surface area contributed by atoms with Gasteiger partial charge in [-0.05, 0) is 43.2 Å². The number of nitrogens with one attached hydrogen (secondary N) is 1. The predicted octanol–water partition coefficient (Wildman–Crippen LogP) is 4.72. The van der Waals surface area contributed by atoms with E-state index in [0.717, 1.165) is 36.8 Å². The number of benzene rings is 2. The smallest absolute Gasteiger partial charge is 0.329 e. The number of rotatable bonds is 8. The maximum absolute atomic E-state index is 13.2. The fourth-order valence-electron chi connectivity index (χ4n) is 4.42. The summed E-state index contributed by atoms with van der Waals surface area (Å²) in [6.07, 6.45) is 10.9. The van der Waals surface area contributed by atoms with Crippen molar-refractivity contribution >= 4 is 11.9 Å². The molecular weight excluding hydrogens is 412 g/mol. The Hall–Kier alpha value is -2.66. The first-order valence-corrected chi connectivity index (χ1v) is 12.5. The molecule has 1 saturated carbocycles. The number of carbonyl (C=O) groups excluding carboxylic acids is 2. The first kappa shape index (κ1) is 25.0. The number of carbonyl (C=O) groups is 2. The lowest BCUT2D eigenvalue weighted by atomic mass is 9.99. The third-order valence-corrected chi connectivity index (χ3v) is 6.35. The molecule has 1 amide bonds. The molecule has 0 spiro atoms. The molecule has 3 N–H and O–H groups in total. The largest absolute Gasteiger partial charge is 0.461 e. The van der Waals surface area contributed by atoms with Gasteiger partial charge in [-0.2, -0.15) is 0 Å². The van der Waals surface area contributed by atoms with Crippen LogP contribution in [-0.4, -0.2) is 30.1 Å². The highest BCUT2D eigenvalue weighted by Gasteiger charge is 2.27. The van der Waals surface area contributed by atoms with Gasteiger partial charge in [-0.25, -0.2) is 4.79 Å². The molecule has 0 radical (unpaired) electrons. The van der Waals surface area contributed by atoms with Crippen molar-refractivity contribution in [3.63, 3.8) is 0 Å². The molecule has 1 aliphatic rings. The number of nitrogens with two attached hydrogens (primary N) is 1. The average Bonchev–Trinajstić information content (AvgIpc) is 2.84. The molecule has 3 rings (SSSR count). The SMILES string of the molecule is N[C@@H](Cc1ccccc1)C(=O)N[C@@H](Cc1ccccc1)C(=O)OC1CCCCCCCCC1. The summed E-state index contributed by atoms with van der Waals surface area (Å²) < 4.78 is 5.96. The van der Waals surface area contributed by atoms with Crippen LogP contribution in [0.15, 0.2) is 60.7 Å². The van der Waals surface area contributed by atoms with Crippen LogP contribution in [0.25, 0.3) is 0 Å². The molecule has 0 aromatic heterocycles. The number of esters is 1. The van der Waals surface area contributed by atoms with Gasteiger partial charge in [0.2, 0.25) is 5.91 Å². The Morgan fingerprint density at radius 1 is 0.788 bits per heavy atom. The summed E-state index contributed by atoms with van der Waals surface area (Å²) in [5.41, 5.74) is 8.15. The van der Waals surface area contributed by atoms with E-state index in [-0.39, 0.29) is 18.0 Å². The summed E-state index contributed by atoms with van der Waals surface area (Å²) in [7, 11) is 0. The maximum Gasteiger partial charge on any atom is 0.329 e. The predicted molar refractivity (Wildman–Crippen MR) is 132 cm³/mol. The van der Waals surface area contributed by atoms with Crippen LogP contribution in [0.5, 0.6) is 0 Å². The van der Waals surface area contributed by atoms with Crippen LogP contribution in [0.2, 0.25) is 0 Å². The Bertz CT molecular complexity index is 831. The fourth-order valence-corrected chi connectivity index (χ4v) is 4.42. The van der Waals surface area contributed by atoms with Gasteiger partial charge in [0, 0.05) is 6.42 Å². The van der Waals surface area contributed by atoms with Crippen LogP contribution < -0.4 is 11.1 Å². The molecule has 0 unspecified atom stereocenters. The van der Waals surface area contributed by atoms with Crippen molar-refractivity contribution in [1.29, 1.82) is 0 Å². The summed E-state index contributed by atoms with van der Waals surface area (Å²) in [5.74, 6) is -0.691. The zero-order chi connectivity index (χ0) is 23.3. The lowest BCUT2D eigenvalue weighted by molar-refractivity contribution is -0.154. The van der Waals surface area contributed by atoms with Crippen molar-refractivity contribution in [2.24, 2.45) is 5.73 Å². The van der Waals surface area contributed by atoms with E-state index in [0.29, 0.717) is 12.8 Å². The van der Waals surface area contributed by atoms with Crippen molar-refractivity contribution in [1.82, 2.24) is 5.32 Å². The van der Waals surface area contributed by atoms with E-state index >= 15 is 0 Å². The number of amides is 1. The van der Waals surface area contributed by atoms with Crippen LogP contribution in [0.4, 0.5) is 0 Å². The molecule has 33 heavy (non-hydrogen) atoms. The van der Waals surface area contributed by atoms with E-state index in [2.05, 4.69) is 5.32 Å². The summed E-state index contributed by atoms with van der Waals surface area (Å²) in [5, 5.41) is 2.89. The van der Waals surface area contributed by atoms with Gasteiger partial charge in [-0.15, -0.1) is 0 Å². The van der Waals surface area contributed by atoms with E-state index in [1.165, 1.54) is 32.1 Å².